The maximum absolute atomic E-state index is 12.3. The topological polar surface area (TPSA) is 62.3 Å². The summed E-state index contributed by atoms with van der Waals surface area (Å²) in [5, 5.41) is 4.10. The Balaban J connectivity index is 0.00000242. The van der Waals surface area contributed by atoms with Gasteiger partial charge in [0.1, 0.15) is 0 Å². The standard InChI is InChI=1S/C13H14F3N3O2.ClH/c1-20-12-6-9(2-3-11(12)21-13(14,15)16)10-7-18-19(8-10)5-4-17;/h2-3,6-8H,4-5,17H2,1H3;1H. The number of benzene rings is 1. The minimum Gasteiger partial charge on any atom is -0.493 e. The predicted octanol–water partition coefficient (Wildman–Crippen LogP) is 2.84. The summed E-state index contributed by atoms with van der Waals surface area (Å²) in [6.45, 7) is 1.01. The Labute approximate surface area is 131 Å². The summed E-state index contributed by atoms with van der Waals surface area (Å²) in [5.41, 5.74) is 6.85. The molecule has 2 N–H and O–H groups in total. The fourth-order valence-electron chi connectivity index (χ4n) is 1.82. The summed E-state index contributed by atoms with van der Waals surface area (Å²) in [5.74, 6) is -0.389. The smallest absolute Gasteiger partial charge is 0.493 e. The van der Waals surface area contributed by atoms with Crippen molar-refractivity contribution in [2.45, 2.75) is 12.9 Å². The van der Waals surface area contributed by atoms with Gasteiger partial charge in [-0.05, 0) is 17.7 Å². The van der Waals surface area contributed by atoms with Crippen molar-refractivity contribution < 1.29 is 22.6 Å². The molecule has 122 valence electrons. The number of hydrogen-bond donors (Lipinski definition) is 1. The molecule has 0 unspecified atom stereocenters. The van der Waals surface area contributed by atoms with E-state index in [1.807, 2.05) is 0 Å². The van der Waals surface area contributed by atoms with E-state index in [4.69, 9.17) is 10.5 Å². The number of methoxy groups -OCH3 is 1. The number of rotatable bonds is 5. The van der Waals surface area contributed by atoms with Gasteiger partial charge in [-0.1, -0.05) is 6.07 Å². The van der Waals surface area contributed by atoms with Gasteiger partial charge in [-0.25, -0.2) is 0 Å². The first-order valence-corrected chi connectivity index (χ1v) is 6.09. The van der Waals surface area contributed by atoms with Crippen LogP contribution in [-0.2, 0) is 6.54 Å². The third kappa shape index (κ3) is 4.54. The predicted molar refractivity (Wildman–Crippen MR) is 77.2 cm³/mol. The Morgan fingerprint density at radius 2 is 1.95 bits per heavy atom. The second-order valence-corrected chi connectivity index (χ2v) is 4.19. The molecule has 0 radical (unpaired) electrons. The Morgan fingerprint density at radius 3 is 2.55 bits per heavy atom. The number of aromatic nitrogens is 2. The van der Waals surface area contributed by atoms with Crippen LogP contribution in [0, 0.1) is 0 Å². The first kappa shape index (κ1) is 18.1. The van der Waals surface area contributed by atoms with E-state index in [9.17, 15) is 13.2 Å². The van der Waals surface area contributed by atoms with Crippen molar-refractivity contribution >= 4 is 12.4 Å². The lowest BCUT2D eigenvalue weighted by atomic mass is 10.1. The van der Waals surface area contributed by atoms with Gasteiger partial charge < -0.3 is 15.2 Å². The second kappa shape index (κ2) is 7.37. The van der Waals surface area contributed by atoms with Gasteiger partial charge in [-0.15, -0.1) is 25.6 Å². The monoisotopic (exact) mass is 337 g/mol. The molecular formula is C13H15ClF3N3O2. The van der Waals surface area contributed by atoms with E-state index in [1.165, 1.54) is 25.3 Å². The van der Waals surface area contributed by atoms with Crippen molar-refractivity contribution in [3.05, 3.63) is 30.6 Å². The van der Waals surface area contributed by atoms with Gasteiger partial charge in [-0.3, -0.25) is 4.68 Å². The molecule has 0 amide bonds. The average molecular weight is 338 g/mol. The normalized spacial score (nSPS) is 11.0. The number of alkyl halides is 3. The Hall–Kier alpha value is -1.93. The lowest BCUT2D eigenvalue weighted by Gasteiger charge is -2.13. The van der Waals surface area contributed by atoms with Gasteiger partial charge >= 0.3 is 6.36 Å². The van der Waals surface area contributed by atoms with E-state index in [2.05, 4.69) is 9.84 Å². The Morgan fingerprint density at radius 1 is 1.23 bits per heavy atom. The average Bonchev–Trinajstić information content (AvgIpc) is 2.86. The molecule has 0 bridgehead atoms. The number of nitrogens with two attached hydrogens (primary N) is 1. The lowest BCUT2D eigenvalue weighted by Crippen LogP contribution is -2.17. The number of ether oxygens (including phenoxy) is 2. The van der Waals surface area contributed by atoms with Crippen molar-refractivity contribution in [2.75, 3.05) is 13.7 Å². The molecule has 9 heteroatoms. The highest BCUT2D eigenvalue weighted by atomic mass is 35.5. The van der Waals surface area contributed by atoms with E-state index < -0.39 is 6.36 Å². The minimum absolute atomic E-state index is 0. The van der Waals surface area contributed by atoms with Crippen LogP contribution >= 0.6 is 12.4 Å². The molecule has 22 heavy (non-hydrogen) atoms. The molecule has 0 saturated heterocycles. The van der Waals surface area contributed by atoms with Gasteiger partial charge in [0.25, 0.3) is 0 Å². The van der Waals surface area contributed by atoms with E-state index in [-0.39, 0.29) is 23.9 Å². The molecular weight excluding hydrogens is 323 g/mol. The molecule has 0 atom stereocenters. The first-order chi connectivity index (χ1) is 9.93. The number of nitrogens with zero attached hydrogens (tertiary/aromatic N) is 2. The van der Waals surface area contributed by atoms with Crippen LogP contribution in [0.4, 0.5) is 13.2 Å². The van der Waals surface area contributed by atoms with Gasteiger partial charge in [0.05, 0.1) is 19.9 Å². The fourth-order valence-corrected chi connectivity index (χ4v) is 1.82. The van der Waals surface area contributed by atoms with Gasteiger partial charge in [0, 0.05) is 18.3 Å². The highest BCUT2D eigenvalue weighted by Gasteiger charge is 2.32. The van der Waals surface area contributed by atoms with Gasteiger partial charge in [0.15, 0.2) is 11.5 Å². The highest BCUT2D eigenvalue weighted by molar-refractivity contribution is 5.85. The number of hydrogen-bond acceptors (Lipinski definition) is 4. The molecule has 1 heterocycles. The zero-order valence-electron chi connectivity index (χ0n) is 11.6. The minimum atomic E-state index is -4.76. The van der Waals surface area contributed by atoms with Crippen LogP contribution in [0.25, 0.3) is 11.1 Å². The van der Waals surface area contributed by atoms with Crippen molar-refractivity contribution in [1.82, 2.24) is 9.78 Å². The summed E-state index contributed by atoms with van der Waals surface area (Å²) < 4.78 is 47.3. The molecule has 0 aliphatic rings. The maximum Gasteiger partial charge on any atom is 0.573 e. The van der Waals surface area contributed by atoms with E-state index in [0.717, 1.165) is 5.56 Å². The molecule has 1 aromatic heterocycles. The van der Waals surface area contributed by atoms with Gasteiger partial charge in [0.2, 0.25) is 0 Å². The third-order valence-corrected chi connectivity index (χ3v) is 2.71. The molecule has 1 aromatic carbocycles. The molecule has 5 nitrogen and oxygen atoms in total. The fraction of sp³-hybridized carbons (Fsp3) is 0.308. The third-order valence-electron chi connectivity index (χ3n) is 2.71. The Bertz CT molecular complexity index is 617. The molecule has 0 aliphatic carbocycles. The Kier molecular flexibility index (Phi) is 6.07. The quantitative estimate of drug-likeness (QED) is 0.911. The van der Waals surface area contributed by atoms with Gasteiger partial charge in [-0.2, -0.15) is 5.10 Å². The number of halogens is 4. The summed E-state index contributed by atoms with van der Waals surface area (Å²) in [6.07, 6.45) is -1.40. The summed E-state index contributed by atoms with van der Waals surface area (Å²) in [6, 6.07) is 4.18. The molecule has 0 saturated carbocycles. The van der Waals surface area contributed by atoms with Crippen LogP contribution in [0.15, 0.2) is 30.6 Å². The zero-order valence-corrected chi connectivity index (χ0v) is 12.4. The SMILES string of the molecule is COc1cc(-c2cnn(CCN)c2)ccc1OC(F)(F)F.Cl. The van der Waals surface area contributed by atoms with Crippen LogP contribution in [0.1, 0.15) is 0 Å². The van der Waals surface area contributed by atoms with Crippen molar-refractivity contribution in [2.24, 2.45) is 5.73 Å². The first-order valence-electron chi connectivity index (χ1n) is 6.09. The molecule has 0 spiro atoms. The van der Waals surface area contributed by atoms with E-state index in [1.54, 1.807) is 17.1 Å². The van der Waals surface area contributed by atoms with E-state index in [0.29, 0.717) is 18.7 Å². The summed E-state index contributed by atoms with van der Waals surface area (Å²) in [4.78, 5) is 0. The molecule has 0 fully saturated rings. The molecule has 2 rings (SSSR count). The van der Waals surface area contributed by atoms with Crippen LogP contribution in [-0.4, -0.2) is 29.8 Å². The van der Waals surface area contributed by atoms with Crippen molar-refractivity contribution in [1.29, 1.82) is 0 Å². The van der Waals surface area contributed by atoms with Crippen LogP contribution < -0.4 is 15.2 Å². The van der Waals surface area contributed by atoms with Crippen LogP contribution in [0.3, 0.4) is 0 Å². The maximum atomic E-state index is 12.3. The summed E-state index contributed by atoms with van der Waals surface area (Å²) >= 11 is 0. The molecule has 2 aromatic rings. The lowest BCUT2D eigenvalue weighted by molar-refractivity contribution is -0.275. The van der Waals surface area contributed by atoms with Crippen LogP contribution in [0.2, 0.25) is 0 Å². The van der Waals surface area contributed by atoms with Crippen LogP contribution in [0.5, 0.6) is 11.5 Å². The molecule has 0 aliphatic heterocycles. The van der Waals surface area contributed by atoms with E-state index >= 15 is 0 Å². The van der Waals surface area contributed by atoms with Crippen molar-refractivity contribution in [3.8, 4) is 22.6 Å². The zero-order chi connectivity index (χ0) is 15.5. The second-order valence-electron chi connectivity index (χ2n) is 4.19. The summed E-state index contributed by atoms with van der Waals surface area (Å²) in [7, 11) is 1.28. The largest absolute Gasteiger partial charge is 0.573 e. The highest BCUT2D eigenvalue weighted by Crippen LogP contribution is 2.35. The van der Waals surface area contributed by atoms with Crippen molar-refractivity contribution in [3.63, 3.8) is 0 Å².